The number of benzene rings is 2. The van der Waals surface area contributed by atoms with Crippen molar-refractivity contribution in [2.75, 3.05) is 6.61 Å². The molecule has 2 aromatic carbocycles. The van der Waals surface area contributed by atoms with Gasteiger partial charge in [-0.05, 0) is 49.2 Å². The van der Waals surface area contributed by atoms with Crippen LogP contribution in [0.4, 0.5) is 26.3 Å². The molecule has 0 amide bonds. The molecule has 0 aromatic heterocycles. The molecule has 0 N–H and O–H groups in total. The predicted molar refractivity (Wildman–Crippen MR) is 135 cm³/mol. The normalized spacial score (nSPS) is 14.2. The minimum Gasteiger partial charge on any atom is -0.494 e. The van der Waals surface area contributed by atoms with E-state index in [-0.39, 0.29) is 30.9 Å². The number of aryl methyl sites for hydroxylation is 1. The minimum absolute atomic E-state index is 0.0535. The van der Waals surface area contributed by atoms with Crippen molar-refractivity contribution in [3.63, 3.8) is 0 Å². The maximum atomic E-state index is 15.1. The van der Waals surface area contributed by atoms with Crippen LogP contribution in [0.2, 0.25) is 0 Å². The van der Waals surface area contributed by atoms with Crippen LogP contribution >= 0.6 is 32.0 Å². The largest absolute Gasteiger partial charge is 0.494 e. The van der Waals surface area contributed by atoms with E-state index in [4.69, 9.17) is 36.8 Å². The van der Waals surface area contributed by atoms with Crippen LogP contribution in [0, 0.1) is 0 Å². The lowest BCUT2D eigenvalue weighted by Gasteiger charge is -2.25. The quantitative estimate of drug-likeness (QED) is 0.221. The topological polar surface area (TPSA) is 146 Å². The van der Waals surface area contributed by atoms with Crippen LogP contribution in [0.5, 0.6) is 5.75 Å². The Labute approximate surface area is 243 Å². The molecule has 9 nitrogen and oxygen atoms in total. The Morgan fingerprint density at radius 2 is 1.05 bits per heavy atom. The van der Waals surface area contributed by atoms with Crippen molar-refractivity contribution in [3.8, 4) is 5.75 Å². The molecule has 0 radical (unpaired) electrons. The Bertz CT molecular complexity index is 1750. The maximum absolute atomic E-state index is 15.1. The summed E-state index contributed by atoms with van der Waals surface area (Å²) < 4.78 is 193. The first-order chi connectivity index (χ1) is 18.2. The van der Waals surface area contributed by atoms with E-state index in [1.165, 1.54) is 6.92 Å². The summed E-state index contributed by atoms with van der Waals surface area (Å²) in [7, 11) is -10.7. The number of hydrogen-bond donors (Lipinski definition) is 0. The highest BCUT2D eigenvalue weighted by Crippen LogP contribution is 2.50. The molecule has 22 heteroatoms. The summed E-state index contributed by atoms with van der Waals surface area (Å²) in [5, 5.41) is -16.6. The van der Waals surface area contributed by atoms with Gasteiger partial charge in [-0.2, -0.15) is 26.3 Å². The van der Waals surface area contributed by atoms with Crippen molar-refractivity contribution in [3.05, 3.63) is 52.6 Å². The third kappa shape index (κ3) is 6.40. The summed E-state index contributed by atoms with van der Waals surface area (Å²) in [4.78, 5) is -4.50. The number of sulfone groups is 1. The fourth-order valence-corrected chi connectivity index (χ4v) is 7.46. The van der Waals surface area contributed by atoms with E-state index in [0.717, 1.165) is 6.92 Å². The van der Waals surface area contributed by atoms with Gasteiger partial charge in [-0.3, -0.25) is 0 Å². The average Bonchev–Trinajstić information content (AvgIpc) is 2.81. The van der Waals surface area contributed by atoms with Crippen LogP contribution in [0.3, 0.4) is 0 Å². The Hall–Kier alpha value is -1.51. The van der Waals surface area contributed by atoms with Crippen molar-refractivity contribution in [2.45, 2.75) is 45.8 Å². The molecule has 41 heavy (non-hydrogen) atoms. The summed E-state index contributed by atoms with van der Waals surface area (Å²) in [6.45, 7) is 2.17. The molecule has 2 rings (SSSR count). The van der Waals surface area contributed by atoms with E-state index in [2.05, 4.69) is 0 Å². The zero-order valence-corrected chi connectivity index (χ0v) is 25.5. The molecule has 232 valence electrons. The number of halogens is 9. The van der Waals surface area contributed by atoms with Crippen molar-refractivity contribution in [1.29, 1.82) is 0 Å². The van der Waals surface area contributed by atoms with E-state index < -0.39 is 97.0 Å². The predicted octanol–water partition coefficient (Wildman–Crippen LogP) is 5.33. The van der Waals surface area contributed by atoms with Gasteiger partial charge in [0.15, 0.2) is 0 Å². The molecule has 0 heterocycles. The molecule has 0 aliphatic rings. The second-order valence-electron chi connectivity index (χ2n) is 7.83. The third-order valence-electron chi connectivity index (χ3n) is 5.24. The van der Waals surface area contributed by atoms with Crippen molar-refractivity contribution in [1.82, 2.24) is 0 Å². The molecule has 0 atom stereocenters. The van der Waals surface area contributed by atoms with Crippen LogP contribution < -0.4 is 4.74 Å². The van der Waals surface area contributed by atoms with Crippen LogP contribution in [-0.2, 0) is 59.2 Å². The standard InChI is InChI=1S/C19H15Cl3F6O9S4/c1-3-10-7-13(18(25,26)40(21,33)34)16(14(8-10)19(27,28)41(22,35)36)38(29,30)15-6-5-11(37-4-2)9-12(15)17(23,24)39(20,31)32/h5-9H,3-4H2,1-2H3. The smallest absolute Gasteiger partial charge is 0.386 e. The Balaban J connectivity index is 3.37. The third-order valence-corrected chi connectivity index (χ3v) is 11.4. The van der Waals surface area contributed by atoms with Gasteiger partial charge < -0.3 is 4.74 Å². The van der Waals surface area contributed by atoms with Gasteiger partial charge in [0.05, 0.1) is 33.1 Å². The average molecular weight is 736 g/mol. The van der Waals surface area contributed by atoms with Crippen molar-refractivity contribution < 1.29 is 64.8 Å². The lowest BCUT2D eigenvalue weighted by Crippen LogP contribution is -2.31. The zero-order valence-electron chi connectivity index (χ0n) is 20.0. The molecule has 0 aliphatic carbocycles. The number of alkyl halides is 6. The van der Waals surface area contributed by atoms with Gasteiger partial charge in [0.1, 0.15) is 5.75 Å². The van der Waals surface area contributed by atoms with Crippen LogP contribution in [-0.4, -0.2) is 40.3 Å². The van der Waals surface area contributed by atoms with Gasteiger partial charge in [-0.15, -0.1) is 0 Å². The Kier molecular flexibility index (Phi) is 9.75. The molecule has 0 spiro atoms. The van der Waals surface area contributed by atoms with E-state index in [9.17, 15) is 42.5 Å². The summed E-state index contributed by atoms with van der Waals surface area (Å²) in [5.41, 5.74) is -7.56. The monoisotopic (exact) mass is 734 g/mol. The van der Waals surface area contributed by atoms with E-state index in [1.54, 1.807) is 0 Å². The van der Waals surface area contributed by atoms with Gasteiger partial charge in [0, 0.05) is 32.0 Å². The zero-order chi connectivity index (χ0) is 32.2. The van der Waals surface area contributed by atoms with Crippen LogP contribution in [0.15, 0.2) is 40.1 Å². The molecule has 0 saturated carbocycles. The minimum atomic E-state index is -6.38. The highest BCUT2D eigenvalue weighted by atomic mass is 35.7. The molecule has 2 aromatic rings. The first-order valence-electron chi connectivity index (χ1n) is 10.4. The molecular weight excluding hydrogens is 721 g/mol. The fourth-order valence-electron chi connectivity index (χ4n) is 3.35. The fraction of sp³-hybridized carbons (Fsp3) is 0.368. The maximum Gasteiger partial charge on any atom is 0.386 e. The highest BCUT2D eigenvalue weighted by molar-refractivity contribution is 8.14. The molecular formula is C19H15Cl3F6O9S4. The van der Waals surface area contributed by atoms with Crippen molar-refractivity contribution in [2.24, 2.45) is 0 Å². The number of ether oxygens (including phenoxy) is 1. The molecule has 0 fully saturated rings. The summed E-state index contributed by atoms with van der Waals surface area (Å²) in [6.07, 6.45) is -0.520. The Morgan fingerprint density at radius 3 is 1.39 bits per heavy atom. The van der Waals surface area contributed by atoms with Gasteiger partial charge in [0.2, 0.25) is 9.84 Å². The second kappa shape index (κ2) is 11.2. The van der Waals surface area contributed by atoms with Crippen molar-refractivity contribution >= 4 is 69.0 Å². The van der Waals surface area contributed by atoms with E-state index in [0.29, 0.717) is 6.07 Å². The number of rotatable bonds is 11. The lowest BCUT2D eigenvalue weighted by atomic mass is 10.0. The lowest BCUT2D eigenvalue weighted by molar-refractivity contribution is 0.0796. The first kappa shape index (κ1) is 35.7. The molecule has 0 bridgehead atoms. The molecule has 0 saturated heterocycles. The highest BCUT2D eigenvalue weighted by Gasteiger charge is 2.57. The van der Waals surface area contributed by atoms with Gasteiger partial charge >= 0.3 is 42.9 Å². The molecule has 0 aliphatic heterocycles. The van der Waals surface area contributed by atoms with Crippen LogP contribution in [0.25, 0.3) is 0 Å². The van der Waals surface area contributed by atoms with E-state index >= 15 is 17.6 Å². The van der Waals surface area contributed by atoms with Crippen LogP contribution in [0.1, 0.15) is 36.1 Å². The first-order valence-corrected chi connectivity index (χ1v) is 18.8. The second-order valence-corrected chi connectivity index (χ2v) is 17.5. The summed E-state index contributed by atoms with van der Waals surface area (Å²) in [5.74, 6) is -0.634. The Morgan fingerprint density at radius 1 is 0.659 bits per heavy atom. The van der Waals surface area contributed by atoms with Gasteiger partial charge in [-0.25, -0.2) is 33.7 Å². The summed E-state index contributed by atoms with van der Waals surface area (Å²) in [6, 6.07) is 0.913. The number of hydrogen-bond acceptors (Lipinski definition) is 9. The van der Waals surface area contributed by atoms with Gasteiger partial charge in [-0.1, -0.05) is 6.92 Å². The SMILES string of the molecule is CCOc1ccc(S(=O)(=O)c2c(C(F)(F)S(=O)(=O)Cl)cc(CC)cc2C(F)(F)S(=O)(=O)Cl)c(C(F)(F)S(=O)(=O)Cl)c1. The van der Waals surface area contributed by atoms with Gasteiger partial charge in [0.25, 0.3) is 0 Å². The summed E-state index contributed by atoms with van der Waals surface area (Å²) >= 11 is 0. The molecule has 0 unspecified atom stereocenters. The van der Waals surface area contributed by atoms with E-state index in [1.807, 2.05) is 0 Å².